The predicted octanol–water partition coefficient (Wildman–Crippen LogP) is 1.83. The summed E-state index contributed by atoms with van der Waals surface area (Å²) in [7, 11) is 3.41. The van der Waals surface area contributed by atoms with Crippen LogP contribution in [-0.4, -0.2) is 20.0 Å². The molecule has 2 aromatic heterocycles. The molecular weight excluding hydrogens is 280 g/mol. The lowest BCUT2D eigenvalue weighted by atomic mass is 10.2. The molecule has 6 nitrogen and oxygen atoms in total. The Kier molecular flexibility index (Phi) is 3.29. The minimum atomic E-state index is -0.219. The van der Waals surface area contributed by atoms with E-state index in [2.05, 4.69) is 10.3 Å². The average Bonchev–Trinajstić information content (AvgIpc) is 2.72. The highest BCUT2D eigenvalue weighted by atomic mass is 16.2. The van der Waals surface area contributed by atoms with Crippen molar-refractivity contribution >= 4 is 22.6 Å². The molecule has 1 N–H and O–H groups in total. The Hall–Kier alpha value is -2.89. The van der Waals surface area contributed by atoms with E-state index in [1.807, 2.05) is 6.92 Å². The Bertz CT molecular complexity index is 937. The van der Waals surface area contributed by atoms with Crippen molar-refractivity contribution in [2.75, 3.05) is 5.32 Å². The van der Waals surface area contributed by atoms with Crippen LogP contribution in [0.4, 0.5) is 5.69 Å². The minimum Gasteiger partial charge on any atom is -0.322 e. The van der Waals surface area contributed by atoms with Gasteiger partial charge in [-0.05, 0) is 37.3 Å². The van der Waals surface area contributed by atoms with Crippen LogP contribution in [0.5, 0.6) is 0 Å². The lowest BCUT2D eigenvalue weighted by molar-refractivity contribution is 0.102. The number of imidazole rings is 1. The van der Waals surface area contributed by atoms with Gasteiger partial charge in [-0.3, -0.25) is 18.9 Å². The van der Waals surface area contributed by atoms with Gasteiger partial charge in [-0.1, -0.05) is 0 Å². The van der Waals surface area contributed by atoms with Gasteiger partial charge in [0.25, 0.3) is 5.91 Å². The number of fused-ring (bicyclic) bond motifs is 1. The summed E-state index contributed by atoms with van der Waals surface area (Å²) in [6.45, 7) is 1.86. The normalized spacial score (nSPS) is 10.9. The summed E-state index contributed by atoms with van der Waals surface area (Å²) < 4.78 is 3.09. The molecule has 22 heavy (non-hydrogen) atoms. The summed E-state index contributed by atoms with van der Waals surface area (Å²) in [5, 5.41) is 2.83. The second-order valence-corrected chi connectivity index (χ2v) is 5.24. The number of nitrogens with zero attached hydrogens (tertiary/aromatic N) is 3. The molecule has 6 heteroatoms. The molecule has 0 aliphatic rings. The number of benzene rings is 1. The van der Waals surface area contributed by atoms with Crippen molar-refractivity contribution in [3.05, 3.63) is 58.3 Å². The predicted molar refractivity (Wildman–Crippen MR) is 85.1 cm³/mol. The molecule has 0 atom stereocenters. The first-order valence-electron chi connectivity index (χ1n) is 6.87. The zero-order chi connectivity index (χ0) is 15.9. The lowest BCUT2D eigenvalue weighted by Gasteiger charge is -2.06. The second-order valence-electron chi connectivity index (χ2n) is 5.24. The van der Waals surface area contributed by atoms with Crippen molar-refractivity contribution in [3.63, 3.8) is 0 Å². The molecule has 0 bridgehead atoms. The average molecular weight is 296 g/mol. The number of amides is 1. The molecule has 1 aromatic carbocycles. The van der Waals surface area contributed by atoms with Crippen LogP contribution in [0.1, 0.15) is 16.1 Å². The van der Waals surface area contributed by atoms with Crippen molar-refractivity contribution in [1.82, 2.24) is 14.1 Å². The molecular formula is C16H16N4O2. The van der Waals surface area contributed by atoms with Gasteiger partial charge in [-0.25, -0.2) is 4.79 Å². The fourth-order valence-corrected chi connectivity index (χ4v) is 2.47. The zero-order valence-corrected chi connectivity index (χ0v) is 12.6. The molecule has 0 saturated heterocycles. The van der Waals surface area contributed by atoms with Crippen LogP contribution in [0.3, 0.4) is 0 Å². The lowest BCUT2D eigenvalue weighted by Crippen LogP contribution is -2.19. The maximum absolute atomic E-state index is 12.3. The first-order chi connectivity index (χ1) is 10.5. The molecule has 0 aliphatic heterocycles. The quantitative estimate of drug-likeness (QED) is 0.784. The Morgan fingerprint density at radius 3 is 2.55 bits per heavy atom. The van der Waals surface area contributed by atoms with E-state index in [4.69, 9.17) is 0 Å². The third-order valence-electron chi connectivity index (χ3n) is 3.69. The number of anilines is 1. The molecule has 0 saturated carbocycles. The molecule has 1 amide bonds. The van der Waals surface area contributed by atoms with E-state index in [0.29, 0.717) is 11.3 Å². The van der Waals surface area contributed by atoms with Gasteiger partial charge in [0.05, 0.1) is 11.0 Å². The maximum atomic E-state index is 12.3. The van der Waals surface area contributed by atoms with Crippen molar-refractivity contribution in [2.45, 2.75) is 6.92 Å². The summed E-state index contributed by atoms with van der Waals surface area (Å²) in [5.74, 6) is -0.219. The molecule has 0 spiro atoms. The highest BCUT2D eigenvalue weighted by Gasteiger charge is 2.12. The van der Waals surface area contributed by atoms with E-state index < -0.39 is 0 Å². The van der Waals surface area contributed by atoms with Crippen molar-refractivity contribution < 1.29 is 4.79 Å². The van der Waals surface area contributed by atoms with Gasteiger partial charge in [0, 0.05) is 37.2 Å². The number of aromatic nitrogens is 3. The van der Waals surface area contributed by atoms with Gasteiger partial charge in [0.15, 0.2) is 0 Å². The second kappa shape index (κ2) is 5.14. The molecule has 3 aromatic rings. The Balaban J connectivity index is 1.98. The summed E-state index contributed by atoms with van der Waals surface area (Å²) in [5.41, 5.74) is 3.44. The van der Waals surface area contributed by atoms with Crippen LogP contribution >= 0.6 is 0 Å². The van der Waals surface area contributed by atoms with Gasteiger partial charge in [0.2, 0.25) is 0 Å². The van der Waals surface area contributed by atoms with E-state index in [1.165, 1.54) is 4.57 Å². The van der Waals surface area contributed by atoms with Gasteiger partial charge in [-0.15, -0.1) is 0 Å². The highest BCUT2D eigenvalue weighted by molar-refractivity contribution is 6.06. The number of hydrogen-bond acceptors (Lipinski definition) is 3. The SMILES string of the molecule is Cc1cc(NC(=O)c2ccc3c(c2)n(C)c(=O)n3C)ccn1. The number of pyridine rings is 1. The topological polar surface area (TPSA) is 68.9 Å². The van der Waals surface area contributed by atoms with Crippen LogP contribution in [-0.2, 0) is 14.1 Å². The van der Waals surface area contributed by atoms with E-state index >= 15 is 0 Å². The smallest absolute Gasteiger partial charge is 0.322 e. The number of carbonyl (C=O) groups is 1. The Labute approximate surface area is 127 Å². The fraction of sp³-hybridized carbons (Fsp3) is 0.188. The fourth-order valence-electron chi connectivity index (χ4n) is 2.47. The third kappa shape index (κ3) is 2.28. The first kappa shape index (κ1) is 14.1. The van der Waals surface area contributed by atoms with Crippen LogP contribution in [0.25, 0.3) is 11.0 Å². The number of nitrogens with one attached hydrogen (secondary N) is 1. The number of hydrogen-bond donors (Lipinski definition) is 1. The molecule has 3 rings (SSSR count). The standard InChI is InChI=1S/C16H16N4O2/c1-10-8-12(6-7-17-10)18-15(21)11-4-5-13-14(9-11)20(3)16(22)19(13)2/h4-9H,1-3H3,(H,17,18,21). The third-order valence-corrected chi connectivity index (χ3v) is 3.69. The Morgan fingerprint density at radius 1 is 1.09 bits per heavy atom. The van der Waals surface area contributed by atoms with Gasteiger partial charge < -0.3 is 5.32 Å². The molecule has 0 unspecified atom stereocenters. The first-order valence-corrected chi connectivity index (χ1v) is 6.87. The van der Waals surface area contributed by atoms with Gasteiger partial charge in [0.1, 0.15) is 0 Å². The Morgan fingerprint density at radius 2 is 1.82 bits per heavy atom. The molecule has 0 radical (unpaired) electrons. The van der Waals surface area contributed by atoms with Gasteiger partial charge in [-0.2, -0.15) is 0 Å². The van der Waals surface area contributed by atoms with Crippen LogP contribution in [0.15, 0.2) is 41.3 Å². The number of rotatable bonds is 2. The van der Waals surface area contributed by atoms with Crippen molar-refractivity contribution in [2.24, 2.45) is 14.1 Å². The number of carbonyl (C=O) groups excluding carboxylic acids is 1. The van der Waals surface area contributed by atoms with Crippen molar-refractivity contribution in [3.8, 4) is 0 Å². The highest BCUT2D eigenvalue weighted by Crippen LogP contribution is 2.16. The monoisotopic (exact) mass is 296 g/mol. The molecule has 2 heterocycles. The van der Waals surface area contributed by atoms with Gasteiger partial charge >= 0.3 is 5.69 Å². The van der Waals surface area contributed by atoms with E-state index in [9.17, 15) is 9.59 Å². The largest absolute Gasteiger partial charge is 0.328 e. The summed E-state index contributed by atoms with van der Waals surface area (Å²) in [6, 6.07) is 8.76. The molecule has 0 fully saturated rings. The van der Waals surface area contributed by atoms with Crippen LogP contribution < -0.4 is 11.0 Å². The summed E-state index contributed by atoms with van der Waals surface area (Å²) in [4.78, 5) is 28.4. The van der Waals surface area contributed by atoms with E-state index in [-0.39, 0.29) is 11.6 Å². The van der Waals surface area contributed by atoms with E-state index in [1.54, 1.807) is 55.2 Å². The summed E-state index contributed by atoms with van der Waals surface area (Å²) in [6.07, 6.45) is 1.65. The summed E-state index contributed by atoms with van der Waals surface area (Å²) >= 11 is 0. The van der Waals surface area contributed by atoms with Crippen LogP contribution in [0.2, 0.25) is 0 Å². The maximum Gasteiger partial charge on any atom is 0.328 e. The molecule has 0 aliphatic carbocycles. The van der Waals surface area contributed by atoms with Crippen molar-refractivity contribution in [1.29, 1.82) is 0 Å². The van der Waals surface area contributed by atoms with Crippen LogP contribution in [0, 0.1) is 6.92 Å². The van der Waals surface area contributed by atoms with E-state index in [0.717, 1.165) is 16.7 Å². The molecule has 112 valence electrons. The minimum absolute atomic E-state index is 0.114. The zero-order valence-electron chi connectivity index (χ0n) is 12.6. The number of aryl methyl sites for hydroxylation is 3.